The van der Waals surface area contributed by atoms with E-state index in [0.29, 0.717) is 11.3 Å². The topological polar surface area (TPSA) is 96.3 Å². The van der Waals surface area contributed by atoms with Crippen molar-refractivity contribution < 1.29 is 19.1 Å². The van der Waals surface area contributed by atoms with E-state index in [1.54, 1.807) is 24.3 Å². The number of rotatable bonds is 6. The maximum Gasteiger partial charge on any atom is 0.339 e. The summed E-state index contributed by atoms with van der Waals surface area (Å²) in [5, 5.41) is 11.6. The molecule has 0 heterocycles. The molecule has 0 saturated heterocycles. The van der Waals surface area contributed by atoms with Gasteiger partial charge in [0, 0.05) is 16.8 Å². The summed E-state index contributed by atoms with van der Waals surface area (Å²) in [5.74, 6) is -1.69. The van der Waals surface area contributed by atoms with Gasteiger partial charge in [0.05, 0.1) is 16.1 Å². The van der Waals surface area contributed by atoms with Crippen LogP contribution >= 0.6 is 11.6 Å². The van der Waals surface area contributed by atoms with Crippen LogP contribution in [0, 0.1) is 18.3 Å². The normalized spacial score (nSPS) is 10.1. The molecule has 0 aliphatic heterocycles. The van der Waals surface area contributed by atoms with E-state index in [1.165, 1.54) is 30.3 Å². The van der Waals surface area contributed by atoms with Gasteiger partial charge in [0.1, 0.15) is 6.07 Å². The molecule has 3 aromatic rings. The standard InChI is InChI=1S/C24H17ClN2O4/c1-15-6-8-16(9-7-15)23(29)19-4-2-3-5-20(19)24(30)31-14-22(28)27-18-11-10-17(13-26)21(25)12-18/h2-12H,14H2,1H3,(H,27,28). The molecular weight excluding hydrogens is 416 g/mol. The minimum atomic E-state index is -0.788. The molecule has 0 spiro atoms. The summed E-state index contributed by atoms with van der Waals surface area (Å²) in [4.78, 5) is 37.5. The summed E-state index contributed by atoms with van der Waals surface area (Å²) in [6.07, 6.45) is 0. The Hall–Kier alpha value is -3.95. The van der Waals surface area contributed by atoms with E-state index in [0.717, 1.165) is 5.56 Å². The Balaban J connectivity index is 1.68. The third-order valence-corrected chi connectivity index (χ3v) is 4.73. The number of nitriles is 1. The molecule has 1 N–H and O–H groups in total. The summed E-state index contributed by atoms with van der Waals surface area (Å²) in [7, 11) is 0. The van der Waals surface area contributed by atoms with Crippen LogP contribution in [0.4, 0.5) is 5.69 Å². The number of esters is 1. The second-order valence-electron chi connectivity index (χ2n) is 6.67. The van der Waals surface area contributed by atoms with E-state index < -0.39 is 18.5 Å². The first-order valence-corrected chi connectivity index (χ1v) is 9.64. The van der Waals surface area contributed by atoms with Gasteiger partial charge in [0.15, 0.2) is 12.4 Å². The molecule has 0 bridgehead atoms. The van der Waals surface area contributed by atoms with E-state index in [1.807, 2.05) is 25.1 Å². The van der Waals surface area contributed by atoms with Crippen LogP contribution in [-0.4, -0.2) is 24.3 Å². The first-order valence-electron chi connectivity index (χ1n) is 9.26. The second-order valence-corrected chi connectivity index (χ2v) is 7.08. The van der Waals surface area contributed by atoms with Gasteiger partial charge in [0.25, 0.3) is 5.91 Å². The Morgan fingerprint density at radius 3 is 2.32 bits per heavy atom. The molecule has 0 aromatic heterocycles. The lowest BCUT2D eigenvalue weighted by Crippen LogP contribution is -2.22. The van der Waals surface area contributed by atoms with Crippen molar-refractivity contribution in [1.82, 2.24) is 0 Å². The van der Waals surface area contributed by atoms with Gasteiger partial charge in [0.2, 0.25) is 0 Å². The molecule has 0 saturated carbocycles. The second kappa shape index (κ2) is 9.70. The molecule has 154 valence electrons. The molecule has 0 aliphatic rings. The van der Waals surface area contributed by atoms with Gasteiger partial charge in [-0.2, -0.15) is 5.26 Å². The zero-order chi connectivity index (χ0) is 22.4. The number of halogens is 1. The lowest BCUT2D eigenvalue weighted by molar-refractivity contribution is -0.119. The number of carbonyl (C=O) groups is 3. The van der Waals surface area contributed by atoms with Gasteiger partial charge < -0.3 is 10.1 Å². The van der Waals surface area contributed by atoms with Crippen molar-refractivity contribution in [2.45, 2.75) is 6.92 Å². The first-order chi connectivity index (χ1) is 14.9. The monoisotopic (exact) mass is 432 g/mol. The molecule has 0 atom stereocenters. The highest BCUT2D eigenvalue weighted by Gasteiger charge is 2.20. The molecule has 3 aromatic carbocycles. The third-order valence-electron chi connectivity index (χ3n) is 4.41. The van der Waals surface area contributed by atoms with Crippen molar-refractivity contribution in [3.8, 4) is 6.07 Å². The summed E-state index contributed by atoms with van der Waals surface area (Å²) >= 11 is 5.94. The number of anilines is 1. The molecule has 31 heavy (non-hydrogen) atoms. The number of aryl methyl sites for hydroxylation is 1. The van der Waals surface area contributed by atoms with Crippen LogP contribution in [0.2, 0.25) is 5.02 Å². The minimum absolute atomic E-state index is 0.0716. The molecule has 0 unspecified atom stereocenters. The van der Waals surface area contributed by atoms with Crippen LogP contribution in [-0.2, 0) is 9.53 Å². The van der Waals surface area contributed by atoms with Crippen LogP contribution in [0.5, 0.6) is 0 Å². The zero-order valence-electron chi connectivity index (χ0n) is 16.5. The van der Waals surface area contributed by atoms with Crippen LogP contribution in [0.15, 0.2) is 66.7 Å². The molecule has 1 amide bonds. The lowest BCUT2D eigenvalue weighted by Gasteiger charge is -2.10. The van der Waals surface area contributed by atoms with Gasteiger partial charge in [-0.15, -0.1) is 0 Å². The summed E-state index contributed by atoms with van der Waals surface area (Å²) in [6.45, 7) is 1.36. The Morgan fingerprint density at radius 1 is 1.00 bits per heavy atom. The van der Waals surface area contributed by atoms with E-state index >= 15 is 0 Å². The highest BCUT2D eigenvalue weighted by Crippen LogP contribution is 2.20. The van der Waals surface area contributed by atoms with Crippen LogP contribution < -0.4 is 5.32 Å². The predicted molar refractivity (Wildman–Crippen MR) is 116 cm³/mol. The van der Waals surface area contributed by atoms with E-state index in [2.05, 4.69) is 5.32 Å². The number of amides is 1. The SMILES string of the molecule is Cc1ccc(C(=O)c2ccccc2C(=O)OCC(=O)Nc2ccc(C#N)c(Cl)c2)cc1. The van der Waals surface area contributed by atoms with Crippen molar-refractivity contribution in [1.29, 1.82) is 5.26 Å². The fourth-order valence-electron chi connectivity index (χ4n) is 2.81. The zero-order valence-corrected chi connectivity index (χ0v) is 17.3. The number of benzene rings is 3. The number of hydrogen-bond donors (Lipinski definition) is 1. The van der Waals surface area contributed by atoms with Gasteiger partial charge in [-0.05, 0) is 31.2 Å². The van der Waals surface area contributed by atoms with Crippen molar-refractivity contribution in [3.05, 3.63) is 99.6 Å². The average Bonchev–Trinajstić information content (AvgIpc) is 2.77. The van der Waals surface area contributed by atoms with E-state index in [-0.39, 0.29) is 27.5 Å². The molecule has 0 aliphatic carbocycles. The number of ether oxygens (including phenoxy) is 1. The Morgan fingerprint density at radius 2 is 1.68 bits per heavy atom. The van der Waals surface area contributed by atoms with Crippen molar-refractivity contribution in [2.24, 2.45) is 0 Å². The van der Waals surface area contributed by atoms with Gasteiger partial charge in [-0.1, -0.05) is 59.6 Å². The van der Waals surface area contributed by atoms with Crippen molar-refractivity contribution in [2.75, 3.05) is 11.9 Å². The van der Waals surface area contributed by atoms with Crippen LogP contribution in [0.1, 0.15) is 37.4 Å². The number of nitrogens with one attached hydrogen (secondary N) is 1. The van der Waals surface area contributed by atoms with E-state index in [9.17, 15) is 14.4 Å². The van der Waals surface area contributed by atoms with E-state index in [4.69, 9.17) is 21.6 Å². The smallest absolute Gasteiger partial charge is 0.339 e. The maximum atomic E-state index is 12.8. The van der Waals surface area contributed by atoms with Crippen LogP contribution in [0.3, 0.4) is 0 Å². The van der Waals surface area contributed by atoms with Gasteiger partial charge >= 0.3 is 5.97 Å². The Labute approximate surface area is 184 Å². The largest absolute Gasteiger partial charge is 0.452 e. The number of hydrogen-bond acceptors (Lipinski definition) is 5. The predicted octanol–water partition coefficient (Wildman–Crippen LogP) is 4.55. The molecule has 6 nitrogen and oxygen atoms in total. The molecule has 7 heteroatoms. The number of ketones is 1. The average molecular weight is 433 g/mol. The Bertz CT molecular complexity index is 1200. The molecule has 0 radical (unpaired) electrons. The highest BCUT2D eigenvalue weighted by atomic mass is 35.5. The maximum absolute atomic E-state index is 12.8. The first kappa shape index (κ1) is 21.8. The third kappa shape index (κ3) is 5.35. The molecule has 3 rings (SSSR count). The number of nitrogens with zero attached hydrogens (tertiary/aromatic N) is 1. The Kier molecular flexibility index (Phi) is 6.81. The molecule has 0 fully saturated rings. The number of carbonyl (C=O) groups excluding carboxylic acids is 3. The minimum Gasteiger partial charge on any atom is -0.452 e. The van der Waals surface area contributed by atoms with Crippen molar-refractivity contribution in [3.63, 3.8) is 0 Å². The summed E-state index contributed by atoms with van der Waals surface area (Å²) < 4.78 is 5.09. The van der Waals surface area contributed by atoms with Crippen LogP contribution in [0.25, 0.3) is 0 Å². The van der Waals surface area contributed by atoms with Gasteiger partial charge in [-0.25, -0.2) is 4.79 Å². The fraction of sp³-hybridized carbons (Fsp3) is 0.0833. The molecular formula is C24H17ClN2O4. The highest BCUT2D eigenvalue weighted by molar-refractivity contribution is 6.32. The quantitative estimate of drug-likeness (QED) is 0.455. The lowest BCUT2D eigenvalue weighted by atomic mass is 9.98. The summed E-state index contributed by atoms with van der Waals surface area (Å²) in [5.41, 5.74) is 2.36. The van der Waals surface area contributed by atoms with Crippen molar-refractivity contribution >= 4 is 34.9 Å². The van der Waals surface area contributed by atoms with Gasteiger partial charge in [-0.3, -0.25) is 9.59 Å². The summed E-state index contributed by atoms with van der Waals surface area (Å²) in [6, 6.07) is 19.6. The fourth-order valence-corrected chi connectivity index (χ4v) is 3.03.